The topological polar surface area (TPSA) is 57.8 Å². The third-order valence-electron chi connectivity index (χ3n) is 5.12. The fourth-order valence-corrected chi connectivity index (χ4v) is 3.59. The third-order valence-corrected chi connectivity index (χ3v) is 5.12. The number of para-hydroxylation sites is 1. The Morgan fingerprint density at radius 3 is 2.23 bits per heavy atom. The predicted molar refractivity (Wildman–Crippen MR) is 118 cm³/mol. The minimum Gasteiger partial charge on any atom is -0.344 e. The van der Waals surface area contributed by atoms with E-state index in [1.165, 1.54) is 0 Å². The Morgan fingerprint density at radius 1 is 0.900 bits per heavy atom. The Labute approximate surface area is 176 Å². The molecule has 1 heterocycles. The number of rotatable bonds is 5. The van der Waals surface area contributed by atoms with Crippen molar-refractivity contribution in [2.45, 2.75) is 13.0 Å². The zero-order valence-corrected chi connectivity index (χ0v) is 16.6. The van der Waals surface area contributed by atoms with Gasteiger partial charge in [0.05, 0.1) is 17.3 Å². The zero-order chi connectivity index (χ0) is 20.9. The van der Waals surface area contributed by atoms with Gasteiger partial charge in [0.25, 0.3) is 5.91 Å². The maximum absolute atomic E-state index is 13.2. The first-order valence-corrected chi connectivity index (χ1v) is 9.81. The lowest BCUT2D eigenvalue weighted by Gasteiger charge is -2.17. The Morgan fingerprint density at radius 2 is 1.53 bits per heavy atom. The monoisotopic (exact) mass is 391 g/mol. The number of amides is 1. The van der Waals surface area contributed by atoms with Crippen LogP contribution in [0.2, 0.25) is 0 Å². The number of nitrogens with zero attached hydrogens (tertiary/aromatic N) is 2. The second-order valence-electron chi connectivity index (χ2n) is 7.05. The fourth-order valence-electron chi connectivity index (χ4n) is 3.59. The molecule has 0 aliphatic rings. The number of benzene rings is 3. The van der Waals surface area contributed by atoms with Gasteiger partial charge in [-0.3, -0.25) is 4.79 Å². The fraction of sp³-hybridized carbons (Fsp3) is 0.0769. The molecule has 30 heavy (non-hydrogen) atoms. The highest BCUT2D eigenvalue weighted by Gasteiger charge is 2.21. The molecule has 1 atom stereocenters. The summed E-state index contributed by atoms with van der Waals surface area (Å²) in [4.78, 5) is 13.2. The van der Waals surface area contributed by atoms with Crippen LogP contribution >= 0.6 is 0 Å². The number of hydrogen-bond acceptors (Lipinski definition) is 2. The lowest BCUT2D eigenvalue weighted by atomic mass is 10.0. The van der Waals surface area contributed by atoms with Crippen LogP contribution in [0.5, 0.6) is 0 Å². The third kappa shape index (κ3) is 3.74. The van der Waals surface area contributed by atoms with Crippen molar-refractivity contribution >= 4 is 5.91 Å². The van der Waals surface area contributed by atoms with Gasteiger partial charge in [-0.25, -0.2) is 0 Å². The van der Waals surface area contributed by atoms with Crippen molar-refractivity contribution in [1.29, 1.82) is 5.26 Å². The van der Waals surface area contributed by atoms with Crippen molar-refractivity contribution in [3.63, 3.8) is 0 Å². The minimum absolute atomic E-state index is 0.182. The van der Waals surface area contributed by atoms with Gasteiger partial charge in [-0.15, -0.1) is 0 Å². The molecule has 1 amide bonds. The summed E-state index contributed by atoms with van der Waals surface area (Å²) in [6.07, 6.45) is 1.78. The second-order valence-corrected chi connectivity index (χ2v) is 7.05. The van der Waals surface area contributed by atoms with Crippen LogP contribution in [0.25, 0.3) is 16.8 Å². The van der Waals surface area contributed by atoms with Gasteiger partial charge in [0.1, 0.15) is 11.8 Å². The van der Waals surface area contributed by atoms with E-state index in [9.17, 15) is 10.1 Å². The van der Waals surface area contributed by atoms with Gasteiger partial charge in [0.15, 0.2) is 0 Å². The van der Waals surface area contributed by atoms with Gasteiger partial charge < -0.3 is 9.88 Å². The van der Waals surface area contributed by atoms with Crippen LogP contribution in [0.15, 0.2) is 97.2 Å². The van der Waals surface area contributed by atoms with Crippen LogP contribution in [0.3, 0.4) is 0 Å². The molecule has 0 spiro atoms. The molecule has 4 heteroatoms. The first-order chi connectivity index (χ1) is 14.7. The quantitative estimate of drug-likeness (QED) is 0.488. The van der Waals surface area contributed by atoms with Crippen molar-refractivity contribution in [2.75, 3.05) is 0 Å². The molecule has 4 nitrogen and oxygen atoms in total. The van der Waals surface area contributed by atoms with E-state index in [1.807, 2.05) is 91.9 Å². The van der Waals surface area contributed by atoms with Gasteiger partial charge in [-0.1, -0.05) is 78.9 Å². The van der Waals surface area contributed by atoms with Crippen molar-refractivity contribution in [3.8, 4) is 22.9 Å². The largest absolute Gasteiger partial charge is 0.344 e. The lowest BCUT2D eigenvalue weighted by Crippen LogP contribution is -2.29. The number of nitrogens with one attached hydrogen (secondary N) is 1. The van der Waals surface area contributed by atoms with Crippen molar-refractivity contribution < 1.29 is 4.79 Å². The summed E-state index contributed by atoms with van der Waals surface area (Å²) in [5.41, 5.74) is 4.57. The lowest BCUT2D eigenvalue weighted by molar-refractivity contribution is 0.0933. The smallest absolute Gasteiger partial charge is 0.270 e. The van der Waals surface area contributed by atoms with Gasteiger partial charge in [0, 0.05) is 11.8 Å². The molecule has 1 aromatic heterocycles. The predicted octanol–water partition coefficient (Wildman–Crippen LogP) is 5.51. The number of hydrogen-bond donors (Lipinski definition) is 1. The molecule has 0 aliphatic carbocycles. The summed E-state index contributed by atoms with van der Waals surface area (Å²) in [7, 11) is 0. The molecule has 0 saturated heterocycles. The van der Waals surface area contributed by atoms with E-state index in [2.05, 4.69) is 11.4 Å². The van der Waals surface area contributed by atoms with Crippen LogP contribution in [-0.2, 0) is 0 Å². The minimum atomic E-state index is -0.282. The van der Waals surface area contributed by atoms with E-state index in [1.54, 1.807) is 16.8 Å². The Balaban J connectivity index is 1.75. The van der Waals surface area contributed by atoms with Crippen molar-refractivity contribution in [3.05, 3.63) is 114 Å². The maximum atomic E-state index is 13.2. The number of carbonyl (C=O) groups is 1. The van der Waals surface area contributed by atoms with Crippen LogP contribution in [0, 0.1) is 11.3 Å². The molecule has 0 aliphatic heterocycles. The second kappa shape index (κ2) is 8.50. The first-order valence-electron chi connectivity index (χ1n) is 9.81. The Hall–Kier alpha value is -4.10. The average molecular weight is 391 g/mol. The maximum Gasteiger partial charge on any atom is 0.270 e. The Bertz CT molecular complexity index is 1200. The molecule has 1 unspecified atom stereocenters. The zero-order valence-electron chi connectivity index (χ0n) is 16.6. The van der Waals surface area contributed by atoms with Crippen LogP contribution in [0.1, 0.15) is 34.6 Å². The molecule has 0 radical (unpaired) electrons. The first kappa shape index (κ1) is 19.2. The summed E-state index contributed by atoms with van der Waals surface area (Å²) in [6, 6.07) is 31.3. The summed E-state index contributed by atoms with van der Waals surface area (Å²) in [5.74, 6) is -0.282. The molecule has 1 N–H and O–H groups in total. The summed E-state index contributed by atoms with van der Waals surface area (Å²) >= 11 is 0. The number of aromatic nitrogens is 1. The molecule has 146 valence electrons. The average Bonchev–Trinajstić information content (AvgIpc) is 3.24. The summed E-state index contributed by atoms with van der Waals surface area (Å²) in [5, 5.41) is 12.7. The van der Waals surface area contributed by atoms with Crippen LogP contribution in [-0.4, -0.2) is 10.5 Å². The molecule has 0 saturated carbocycles. The van der Waals surface area contributed by atoms with E-state index < -0.39 is 0 Å². The molecule has 0 bridgehead atoms. The molecule has 4 aromatic rings. The van der Waals surface area contributed by atoms with Crippen molar-refractivity contribution in [2.24, 2.45) is 0 Å². The van der Waals surface area contributed by atoms with Crippen LogP contribution in [0.4, 0.5) is 0 Å². The number of nitriles is 1. The number of carbonyl (C=O) groups excluding carboxylic acids is 1. The highest BCUT2D eigenvalue weighted by molar-refractivity contribution is 5.96. The molecule has 3 aromatic carbocycles. The summed E-state index contributed by atoms with van der Waals surface area (Å²) < 4.78 is 1.80. The Kier molecular flexibility index (Phi) is 5.45. The normalized spacial score (nSPS) is 11.5. The van der Waals surface area contributed by atoms with E-state index >= 15 is 0 Å². The highest BCUT2D eigenvalue weighted by Crippen LogP contribution is 2.29. The van der Waals surface area contributed by atoms with Gasteiger partial charge in [-0.05, 0) is 30.2 Å². The molecule has 0 fully saturated rings. The molecular formula is C26H21N3O. The van der Waals surface area contributed by atoms with Crippen LogP contribution < -0.4 is 5.32 Å². The van der Waals surface area contributed by atoms with E-state index in [0.29, 0.717) is 11.3 Å². The van der Waals surface area contributed by atoms with E-state index in [0.717, 1.165) is 22.4 Å². The summed E-state index contributed by atoms with van der Waals surface area (Å²) in [6.45, 7) is 1.93. The highest BCUT2D eigenvalue weighted by atomic mass is 16.2. The van der Waals surface area contributed by atoms with Gasteiger partial charge in [-0.2, -0.15) is 5.26 Å². The molecule has 4 rings (SSSR count). The van der Waals surface area contributed by atoms with E-state index in [4.69, 9.17) is 0 Å². The van der Waals surface area contributed by atoms with Gasteiger partial charge >= 0.3 is 0 Å². The SMILES string of the molecule is CC(NC(=O)c1c(C#N)ccn1-c1ccccc1-c1ccccc1)c1ccccc1. The molecular weight excluding hydrogens is 370 g/mol. The standard InChI is InChI=1S/C26H21N3O/c1-19(20-10-4-2-5-11-20)28-26(30)25-22(18-27)16-17-29(25)24-15-9-8-14-23(24)21-12-6-3-7-13-21/h2-17,19H,1H3,(H,28,30). The van der Waals surface area contributed by atoms with E-state index in [-0.39, 0.29) is 11.9 Å². The van der Waals surface area contributed by atoms with Gasteiger partial charge in [0.2, 0.25) is 0 Å². The van der Waals surface area contributed by atoms with Crippen molar-refractivity contribution in [1.82, 2.24) is 9.88 Å².